The van der Waals surface area contributed by atoms with Crippen LogP contribution in [0.5, 0.6) is 0 Å². The first-order chi connectivity index (χ1) is 11.9. The van der Waals surface area contributed by atoms with Crippen molar-refractivity contribution >= 4 is 34.5 Å². The van der Waals surface area contributed by atoms with Crippen LogP contribution in [-0.2, 0) is 11.3 Å². The average Bonchev–Trinajstić information content (AvgIpc) is 3.15. The number of halogens is 1. The van der Waals surface area contributed by atoms with Gasteiger partial charge in [0.15, 0.2) is 0 Å². The molecule has 1 atom stereocenters. The van der Waals surface area contributed by atoms with Gasteiger partial charge in [0.05, 0.1) is 6.26 Å². The number of nitrogens with zero attached hydrogens (tertiary/aromatic N) is 3. The molecule has 0 spiro atoms. The Morgan fingerprint density at radius 3 is 2.80 bits per heavy atom. The summed E-state index contributed by atoms with van der Waals surface area (Å²) in [5.41, 5.74) is 2.20. The predicted molar refractivity (Wildman–Crippen MR) is 96.8 cm³/mol. The van der Waals surface area contributed by atoms with Crippen LogP contribution in [0.15, 0.2) is 35.0 Å². The molecular formula is C18H22ClN3O3. The number of allylic oxidation sites excluding steroid dienone is 1. The molecule has 2 amide bonds. The monoisotopic (exact) mass is 363 g/mol. The lowest BCUT2D eigenvalue weighted by atomic mass is 10.1. The molecule has 2 aromatic heterocycles. The van der Waals surface area contributed by atoms with Crippen LogP contribution in [0.2, 0.25) is 0 Å². The van der Waals surface area contributed by atoms with Crippen LogP contribution in [0.3, 0.4) is 0 Å². The zero-order valence-corrected chi connectivity index (χ0v) is 15.3. The van der Waals surface area contributed by atoms with Crippen molar-refractivity contribution in [1.82, 2.24) is 14.4 Å². The van der Waals surface area contributed by atoms with Gasteiger partial charge in [-0.3, -0.25) is 9.59 Å². The number of rotatable bonds is 4. The Hall–Kier alpha value is -2.21. The number of alkyl halides is 1. The van der Waals surface area contributed by atoms with Crippen LogP contribution in [0, 0.1) is 0 Å². The van der Waals surface area contributed by atoms with Gasteiger partial charge >= 0.3 is 0 Å². The minimum absolute atomic E-state index is 0.0316. The van der Waals surface area contributed by atoms with Crippen molar-refractivity contribution in [2.24, 2.45) is 0 Å². The van der Waals surface area contributed by atoms with Crippen molar-refractivity contribution in [3.8, 4) is 0 Å². The van der Waals surface area contributed by atoms with Gasteiger partial charge in [0.2, 0.25) is 11.6 Å². The van der Waals surface area contributed by atoms with Crippen LogP contribution in [0.1, 0.15) is 24.3 Å². The molecule has 6 nitrogen and oxygen atoms in total. The number of fused-ring (bicyclic) bond motifs is 1. The van der Waals surface area contributed by atoms with Crippen molar-refractivity contribution in [1.29, 1.82) is 0 Å². The molecule has 0 radical (unpaired) electrons. The second-order valence-electron chi connectivity index (χ2n) is 6.57. The fourth-order valence-electron chi connectivity index (χ4n) is 3.33. The van der Waals surface area contributed by atoms with E-state index in [0.717, 1.165) is 11.0 Å². The molecule has 0 aromatic carbocycles. The summed E-state index contributed by atoms with van der Waals surface area (Å²) in [4.78, 5) is 28.4. The van der Waals surface area contributed by atoms with Crippen LogP contribution in [0.4, 0.5) is 0 Å². The Balaban J connectivity index is 1.84. The molecule has 1 aliphatic rings. The van der Waals surface area contributed by atoms with E-state index in [9.17, 15) is 9.59 Å². The van der Waals surface area contributed by atoms with E-state index in [0.29, 0.717) is 37.6 Å². The van der Waals surface area contributed by atoms with Crippen LogP contribution >= 0.6 is 11.6 Å². The molecule has 1 saturated heterocycles. The predicted octanol–water partition coefficient (Wildman–Crippen LogP) is 2.72. The van der Waals surface area contributed by atoms with Crippen molar-refractivity contribution in [3.05, 3.63) is 36.2 Å². The number of amides is 2. The standard InChI is InChI=1S/C18H22ClN3O3/c1-12(2)10-22-15(8-14-4-7-25-18(14)22)17(24)20-5-6-21(13(3)11-20)16(23)9-19/h4,7-8,13H,1,5-6,9-11H2,2-3H3/t13-/m0/s1. The zero-order valence-electron chi connectivity index (χ0n) is 14.5. The Kier molecular flexibility index (Phi) is 4.90. The molecular weight excluding hydrogens is 342 g/mol. The van der Waals surface area contributed by atoms with E-state index in [1.54, 1.807) is 16.1 Å². The molecule has 2 aromatic rings. The quantitative estimate of drug-likeness (QED) is 0.620. The van der Waals surface area contributed by atoms with Gasteiger partial charge < -0.3 is 18.8 Å². The Labute approximate surface area is 151 Å². The zero-order chi connectivity index (χ0) is 18.1. The van der Waals surface area contributed by atoms with Gasteiger partial charge in [-0.15, -0.1) is 11.6 Å². The van der Waals surface area contributed by atoms with Crippen LogP contribution in [0.25, 0.3) is 11.1 Å². The number of furan rings is 1. The summed E-state index contributed by atoms with van der Waals surface area (Å²) in [6, 6.07) is 3.64. The SMILES string of the molecule is C=C(C)Cn1c(C(=O)N2CCN(C(=O)CCl)[C@@H](C)C2)cc2ccoc21. The van der Waals surface area contributed by atoms with E-state index in [2.05, 4.69) is 6.58 Å². The van der Waals surface area contributed by atoms with E-state index < -0.39 is 0 Å². The summed E-state index contributed by atoms with van der Waals surface area (Å²) in [7, 11) is 0. The van der Waals surface area contributed by atoms with E-state index in [4.69, 9.17) is 16.0 Å². The van der Waals surface area contributed by atoms with Gasteiger partial charge in [-0.1, -0.05) is 12.2 Å². The average molecular weight is 364 g/mol. The molecule has 0 N–H and O–H groups in total. The third kappa shape index (κ3) is 3.31. The maximum Gasteiger partial charge on any atom is 0.270 e. The first-order valence-corrected chi connectivity index (χ1v) is 8.81. The summed E-state index contributed by atoms with van der Waals surface area (Å²) >= 11 is 5.65. The first-order valence-electron chi connectivity index (χ1n) is 8.28. The molecule has 1 fully saturated rings. The summed E-state index contributed by atoms with van der Waals surface area (Å²) in [6.07, 6.45) is 1.62. The highest BCUT2D eigenvalue weighted by atomic mass is 35.5. The molecule has 1 aliphatic heterocycles. The van der Waals surface area contributed by atoms with Gasteiger partial charge in [-0.05, 0) is 26.0 Å². The summed E-state index contributed by atoms with van der Waals surface area (Å²) < 4.78 is 7.40. The van der Waals surface area contributed by atoms with Gasteiger partial charge in [0.1, 0.15) is 11.6 Å². The fraction of sp³-hybridized carbons (Fsp3) is 0.444. The largest absolute Gasteiger partial charge is 0.448 e. The highest BCUT2D eigenvalue weighted by molar-refractivity contribution is 6.27. The van der Waals surface area contributed by atoms with Crippen LogP contribution in [-0.4, -0.2) is 57.7 Å². The smallest absolute Gasteiger partial charge is 0.270 e. The lowest BCUT2D eigenvalue weighted by Gasteiger charge is -2.39. The number of carbonyl (C=O) groups is 2. The molecule has 134 valence electrons. The Morgan fingerprint density at radius 1 is 1.40 bits per heavy atom. The molecule has 0 saturated carbocycles. The third-order valence-electron chi connectivity index (χ3n) is 4.50. The number of hydrogen-bond acceptors (Lipinski definition) is 3. The fourth-order valence-corrected chi connectivity index (χ4v) is 3.48. The number of hydrogen-bond donors (Lipinski definition) is 0. The lowest BCUT2D eigenvalue weighted by molar-refractivity contribution is -0.132. The second kappa shape index (κ2) is 6.96. The minimum atomic E-state index is -0.0931. The number of aromatic nitrogens is 1. The van der Waals surface area contributed by atoms with Crippen LogP contribution < -0.4 is 0 Å². The molecule has 3 rings (SSSR count). The van der Waals surface area contributed by atoms with Gasteiger partial charge in [0, 0.05) is 37.6 Å². The van der Waals surface area contributed by atoms with E-state index in [1.165, 1.54) is 0 Å². The second-order valence-corrected chi connectivity index (χ2v) is 6.84. The summed E-state index contributed by atoms with van der Waals surface area (Å²) in [5, 5.41) is 0.897. The molecule has 3 heterocycles. The highest BCUT2D eigenvalue weighted by Gasteiger charge is 2.31. The van der Waals surface area contributed by atoms with Crippen molar-refractivity contribution in [2.45, 2.75) is 26.4 Å². The molecule has 0 bridgehead atoms. The molecule has 25 heavy (non-hydrogen) atoms. The maximum absolute atomic E-state index is 13.1. The van der Waals surface area contributed by atoms with E-state index >= 15 is 0 Å². The highest BCUT2D eigenvalue weighted by Crippen LogP contribution is 2.24. The lowest BCUT2D eigenvalue weighted by Crippen LogP contribution is -2.56. The van der Waals surface area contributed by atoms with E-state index in [1.807, 2.05) is 30.5 Å². The number of piperazine rings is 1. The minimum Gasteiger partial charge on any atom is -0.448 e. The van der Waals surface area contributed by atoms with Crippen molar-refractivity contribution in [3.63, 3.8) is 0 Å². The topological polar surface area (TPSA) is 58.7 Å². The third-order valence-corrected chi connectivity index (χ3v) is 4.73. The van der Waals surface area contributed by atoms with Gasteiger partial charge in [-0.2, -0.15) is 0 Å². The van der Waals surface area contributed by atoms with Crippen molar-refractivity contribution in [2.75, 3.05) is 25.5 Å². The molecule has 0 unspecified atom stereocenters. The summed E-state index contributed by atoms with van der Waals surface area (Å²) in [6.45, 7) is 9.79. The first kappa shape index (κ1) is 17.6. The van der Waals surface area contributed by atoms with E-state index in [-0.39, 0.29) is 23.7 Å². The number of carbonyl (C=O) groups excluding carboxylic acids is 2. The molecule has 7 heteroatoms. The van der Waals surface area contributed by atoms with Gasteiger partial charge in [-0.25, -0.2) is 0 Å². The van der Waals surface area contributed by atoms with Gasteiger partial charge in [0.25, 0.3) is 5.91 Å². The normalized spacial score (nSPS) is 18.0. The Morgan fingerprint density at radius 2 is 2.16 bits per heavy atom. The Bertz CT molecular complexity index is 823. The van der Waals surface area contributed by atoms with Crippen molar-refractivity contribution < 1.29 is 14.0 Å². The molecule has 0 aliphatic carbocycles. The summed E-state index contributed by atoms with van der Waals surface area (Å²) in [5.74, 6) is -0.183. The maximum atomic E-state index is 13.1.